The summed E-state index contributed by atoms with van der Waals surface area (Å²) >= 11 is 1.61. The Kier molecular flexibility index (Phi) is 7.29. The molecule has 3 nitrogen and oxygen atoms in total. The molecule has 4 heteroatoms. The molecule has 0 rings (SSSR count). The summed E-state index contributed by atoms with van der Waals surface area (Å²) in [4.78, 5) is 9.95. The van der Waals surface area contributed by atoms with E-state index in [1.165, 1.54) is 0 Å². The first-order valence-corrected chi connectivity index (χ1v) is 4.51. The molecule has 0 bridgehead atoms. The van der Waals surface area contributed by atoms with Gasteiger partial charge in [0.1, 0.15) is 0 Å². The third-order valence-corrected chi connectivity index (χ3v) is 1.93. The molecule has 0 saturated heterocycles. The molecule has 0 aliphatic rings. The van der Waals surface area contributed by atoms with Crippen LogP contribution in [0.1, 0.15) is 6.42 Å². The van der Waals surface area contributed by atoms with Crippen LogP contribution in [0.3, 0.4) is 0 Å². The lowest BCUT2D eigenvalue weighted by atomic mass is 10.5. The maximum atomic E-state index is 9.95. The molecule has 0 aromatic rings. The highest BCUT2D eigenvalue weighted by Crippen LogP contribution is 2.01. The van der Waals surface area contributed by atoms with Crippen LogP contribution in [0.15, 0.2) is 12.2 Å². The summed E-state index contributed by atoms with van der Waals surface area (Å²) in [5, 5.41) is 16.6. The normalized spacial score (nSPS) is 10.6. The maximum Gasteiger partial charge on any atom is 0.328 e. The quantitative estimate of drug-likeness (QED) is 0.463. The van der Waals surface area contributed by atoms with Gasteiger partial charge in [-0.1, -0.05) is 6.08 Å². The minimum atomic E-state index is -0.909. The van der Waals surface area contributed by atoms with E-state index in [2.05, 4.69) is 0 Å². The maximum absolute atomic E-state index is 9.95. The highest BCUT2D eigenvalue weighted by atomic mass is 32.2. The van der Waals surface area contributed by atoms with Gasteiger partial charge < -0.3 is 10.2 Å². The SMILES string of the molecule is O=C(O)/C=C/CSCCCO. The number of carbonyl (C=O) groups is 1. The fourth-order valence-corrected chi connectivity index (χ4v) is 1.20. The monoisotopic (exact) mass is 176 g/mol. The predicted molar refractivity (Wildman–Crippen MR) is 45.8 cm³/mol. The second-order valence-electron chi connectivity index (χ2n) is 1.89. The Morgan fingerprint density at radius 2 is 2.27 bits per heavy atom. The number of hydrogen-bond donors (Lipinski definition) is 2. The molecule has 0 aromatic carbocycles. The van der Waals surface area contributed by atoms with Crippen LogP contribution in [-0.2, 0) is 4.79 Å². The van der Waals surface area contributed by atoms with Crippen molar-refractivity contribution in [2.24, 2.45) is 0 Å². The van der Waals surface area contributed by atoms with E-state index in [0.29, 0.717) is 5.75 Å². The van der Waals surface area contributed by atoms with Crippen molar-refractivity contribution in [3.05, 3.63) is 12.2 Å². The second-order valence-corrected chi connectivity index (χ2v) is 3.04. The van der Waals surface area contributed by atoms with E-state index in [1.54, 1.807) is 17.8 Å². The lowest BCUT2D eigenvalue weighted by Crippen LogP contribution is -1.88. The van der Waals surface area contributed by atoms with Crippen LogP contribution in [0.5, 0.6) is 0 Å². The third-order valence-electron chi connectivity index (χ3n) is 0.921. The topological polar surface area (TPSA) is 57.5 Å². The summed E-state index contributed by atoms with van der Waals surface area (Å²) in [6.45, 7) is 0.204. The number of hydrogen-bond acceptors (Lipinski definition) is 3. The van der Waals surface area contributed by atoms with E-state index < -0.39 is 5.97 Å². The third kappa shape index (κ3) is 9.52. The van der Waals surface area contributed by atoms with Crippen molar-refractivity contribution < 1.29 is 15.0 Å². The second kappa shape index (κ2) is 7.63. The molecule has 0 atom stereocenters. The van der Waals surface area contributed by atoms with Gasteiger partial charge in [0.05, 0.1) is 0 Å². The van der Waals surface area contributed by atoms with Gasteiger partial charge in [0.15, 0.2) is 0 Å². The zero-order valence-corrected chi connectivity index (χ0v) is 7.01. The molecule has 0 aromatic heterocycles. The number of thioether (sulfide) groups is 1. The largest absolute Gasteiger partial charge is 0.478 e. The van der Waals surface area contributed by atoms with Crippen LogP contribution in [0.25, 0.3) is 0 Å². The minimum Gasteiger partial charge on any atom is -0.478 e. The zero-order valence-electron chi connectivity index (χ0n) is 6.19. The summed E-state index contributed by atoms with van der Waals surface area (Å²) in [6.07, 6.45) is 3.50. The first-order chi connectivity index (χ1) is 5.27. The van der Waals surface area contributed by atoms with Gasteiger partial charge in [-0.25, -0.2) is 4.79 Å². The van der Waals surface area contributed by atoms with Gasteiger partial charge in [0.2, 0.25) is 0 Å². The van der Waals surface area contributed by atoms with Gasteiger partial charge in [-0.2, -0.15) is 11.8 Å². The molecular formula is C7H12O3S. The van der Waals surface area contributed by atoms with Crippen molar-refractivity contribution >= 4 is 17.7 Å². The molecule has 0 saturated carbocycles. The Morgan fingerprint density at radius 1 is 1.55 bits per heavy atom. The van der Waals surface area contributed by atoms with Crippen molar-refractivity contribution in [2.75, 3.05) is 18.1 Å². The molecule has 11 heavy (non-hydrogen) atoms. The Bertz CT molecular complexity index is 134. The van der Waals surface area contributed by atoms with E-state index in [-0.39, 0.29) is 6.61 Å². The summed E-state index contributed by atoms with van der Waals surface area (Å²) in [5.74, 6) is 0.667. The number of carboxylic acid groups (broad SMARTS) is 1. The average Bonchev–Trinajstić information content (AvgIpc) is 1.96. The fraction of sp³-hybridized carbons (Fsp3) is 0.571. The molecule has 0 unspecified atom stereocenters. The Labute approximate surface area is 70.1 Å². The van der Waals surface area contributed by atoms with Gasteiger partial charge >= 0.3 is 5.97 Å². The summed E-state index contributed by atoms with van der Waals surface area (Å²) in [7, 11) is 0. The van der Waals surface area contributed by atoms with Gasteiger partial charge in [0.25, 0.3) is 0 Å². The highest BCUT2D eigenvalue weighted by molar-refractivity contribution is 7.99. The molecule has 0 spiro atoms. The van der Waals surface area contributed by atoms with Crippen molar-refractivity contribution in [1.82, 2.24) is 0 Å². The van der Waals surface area contributed by atoms with Crippen LogP contribution in [0, 0.1) is 0 Å². The van der Waals surface area contributed by atoms with Crippen LogP contribution in [0.4, 0.5) is 0 Å². The van der Waals surface area contributed by atoms with Crippen LogP contribution < -0.4 is 0 Å². The van der Waals surface area contributed by atoms with Gasteiger partial charge in [-0.05, 0) is 12.2 Å². The van der Waals surface area contributed by atoms with Crippen LogP contribution in [0.2, 0.25) is 0 Å². The molecule has 2 N–H and O–H groups in total. The Balaban J connectivity index is 3.07. The number of carboxylic acids is 1. The molecular weight excluding hydrogens is 164 g/mol. The standard InChI is InChI=1S/C7H12O3S/c8-4-2-6-11-5-1-3-7(9)10/h1,3,8H,2,4-6H2,(H,9,10)/b3-1+. The van der Waals surface area contributed by atoms with Crippen molar-refractivity contribution in [2.45, 2.75) is 6.42 Å². The van der Waals surface area contributed by atoms with Gasteiger partial charge in [-0.3, -0.25) is 0 Å². The molecule has 64 valence electrons. The Morgan fingerprint density at radius 3 is 2.82 bits per heavy atom. The van der Waals surface area contributed by atoms with Crippen molar-refractivity contribution in [3.8, 4) is 0 Å². The fourth-order valence-electron chi connectivity index (χ4n) is 0.467. The van der Waals surface area contributed by atoms with Crippen LogP contribution >= 0.6 is 11.8 Å². The van der Waals surface area contributed by atoms with E-state index in [9.17, 15) is 4.79 Å². The van der Waals surface area contributed by atoms with E-state index in [1.807, 2.05) is 0 Å². The predicted octanol–water partition coefficient (Wildman–Crippen LogP) is 0.743. The average molecular weight is 176 g/mol. The molecule has 0 fully saturated rings. The van der Waals surface area contributed by atoms with Crippen LogP contribution in [-0.4, -0.2) is 34.3 Å². The van der Waals surface area contributed by atoms with Gasteiger partial charge in [0, 0.05) is 18.4 Å². The lowest BCUT2D eigenvalue weighted by molar-refractivity contribution is -0.131. The molecule has 0 amide bonds. The first kappa shape index (κ1) is 10.5. The lowest BCUT2D eigenvalue weighted by Gasteiger charge is -1.92. The number of aliphatic hydroxyl groups is 1. The number of aliphatic hydroxyl groups excluding tert-OH is 1. The molecule has 0 aliphatic carbocycles. The minimum absolute atomic E-state index is 0.204. The summed E-state index contributed by atoms with van der Waals surface area (Å²) < 4.78 is 0. The number of rotatable bonds is 6. The first-order valence-electron chi connectivity index (χ1n) is 3.35. The highest BCUT2D eigenvalue weighted by Gasteiger charge is 1.86. The Hall–Kier alpha value is -0.480. The van der Waals surface area contributed by atoms with Crippen molar-refractivity contribution in [3.63, 3.8) is 0 Å². The van der Waals surface area contributed by atoms with Crippen molar-refractivity contribution in [1.29, 1.82) is 0 Å². The van der Waals surface area contributed by atoms with E-state index in [4.69, 9.17) is 10.2 Å². The summed E-state index contributed by atoms with van der Waals surface area (Å²) in [6, 6.07) is 0. The van der Waals surface area contributed by atoms with E-state index in [0.717, 1.165) is 18.2 Å². The summed E-state index contributed by atoms with van der Waals surface area (Å²) in [5.41, 5.74) is 0. The molecule has 0 heterocycles. The van der Waals surface area contributed by atoms with Gasteiger partial charge in [-0.15, -0.1) is 0 Å². The number of aliphatic carboxylic acids is 1. The molecule has 0 aliphatic heterocycles. The molecule has 0 radical (unpaired) electrons. The van der Waals surface area contributed by atoms with E-state index >= 15 is 0 Å². The smallest absolute Gasteiger partial charge is 0.328 e. The zero-order chi connectivity index (χ0) is 8.53.